The second-order valence-corrected chi connectivity index (χ2v) is 4.20. The Labute approximate surface area is 94.8 Å². The minimum atomic E-state index is 0.611. The van der Waals surface area contributed by atoms with Crippen LogP contribution in [0.4, 0.5) is 0 Å². The summed E-state index contributed by atoms with van der Waals surface area (Å²) in [6.07, 6.45) is 8.10. The monoisotopic (exact) mass is 218 g/mol. The molecule has 3 heteroatoms. The summed E-state index contributed by atoms with van der Waals surface area (Å²) in [4.78, 5) is 7.59. The van der Waals surface area contributed by atoms with Gasteiger partial charge < -0.3 is 4.98 Å². The Balaban J connectivity index is 2.29. The molecule has 1 aromatic rings. The zero-order chi connectivity index (χ0) is 10.7. The summed E-state index contributed by atoms with van der Waals surface area (Å²) in [5.41, 5.74) is 2.15. The van der Waals surface area contributed by atoms with Crippen LogP contribution in [0.1, 0.15) is 25.5 Å². The highest BCUT2D eigenvalue weighted by molar-refractivity contribution is 7.71. The summed E-state index contributed by atoms with van der Waals surface area (Å²) in [6.45, 7) is 2.20. The van der Waals surface area contributed by atoms with Gasteiger partial charge in [-0.05, 0) is 30.9 Å². The quantitative estimate of drug-likeness (QED) is 0.756. The second kappa shape index (κ2) is 4.53. The molecule has 1 aliphatic heterocycles. The normalized spacial score (nSPS) is 20.1. The molecule has 0 spiro atoms. The van der Waals surface area contributed by atoms with E-state index in [1.54, 1.807) is 0 Å². The Morgan fingerprint density at radius 3 is 3.20 bits per heavy atom. The molecule has 0 saturated heterocycles. The van der Waals surface area contributed by atoms with Crippen LogP contribution < -0.4 is 0 Å². The van der Waals surface area contributed by atoms with Crippen molar-refractivity contribution in [1.29, 1.82) is 0 Å². The van der Waals surface area contributed by atoms with E-state index in [9.17, 15) is 0 Å². The van der Waals surface area contributed by atoms with Gasteiger partial charge in [-0.2, -0.15) is 0 Å². The molecule has 0 bridgehead atoms. The maximum Gasteiger partial charge on any atom is 0.0644 e. The summed E-state index contributed by atoms with van der Waals surface area (Å²) < 4.78 is 0.856. The van der Waals surface area contributed by atoms with Gasteiger partial charge in [-0.25, -0.2) is 0 Å². The first-order valence-electron chi connectivity index (χ1n) is 5.22. The van der Waals surface area contributed by atoms with Crippen molar-refractivity contribution < 1.29 is 0 Å². The van der Waals surface area contributed by atoms with Crippen LogP contribution >= 0.6 is 12.2 Å². The molecular weight excluding hydrogens is 204 g/mol. The molecule has 1 aromatic heterocycles. The highest BCUT2D eigenvalue weighted by Crippen LogP contribution is 2.18. The Kier molecular flexibility index (Phi) is 3.11. The summed E-state index contributed by atoms with van der Waals surface area (Å²) in [5, 5.41) is 0. The number of nitrogens with one attached hydrogen (secondary N) is 1. The van der Waals surface area contributed by atoms with Crippen LogP contribution in [0.2, 0.25) is 0 Å². The molecule has 1 N–H and O–H groups in total. The van der Waals surface area contributed by atoms with Gasteiger partial charge in [0.05, 0.1) is 11.4 Å². The van der Waals surface area contributed by atoms with Crippen LogP contribution in [-0.2, 0) is 0 Å². The minimum Gasteiger partial charge on any atom is -0.360 e. The molecular formula is C12H14N2S. The molecule has 1 unspecified atom stereocenters. The summed E-state index contributed by atoms with van der Waals surface area (Å²) in [6, 6.07) is 3.86. The molecule has 0 aromatic carbocycles. The predicted molar refractivity (Wildman–Crippen MR) is 65.7 cm³/mol. The average Bonchev–Trinajstić information content (AvgIpc) is 2.29. The molecule has 2 heterocycles. The molecule has 1 atom stereocenters. The Morgan fingerprint density at radius 2 is 2.47 bits per heavy atom. The Morgan fingerprint density at radius 1 is 1.60 bits per heavy atom. The third-order valence-electron chi connectivity index (χ3n) is 2.65. The third-order valence-corrected chi connectivity index (χ3v) is 2.91. The zero-order valence-corrected chi connectivity index (χ0v) is 9.55. The minimum absolute atomic E-state index is 0.611. The molecule has 0 radical (unpaired) electrons. The number of hydrogen-bond donors (Lipinski definition) is 1. The molecule has 2 rings (SSSR count). The van der Waals surface area contributed by atoms with Gasteiger partial charge in [-0.1, -0.05) is 25.2 Å². The number of H-pyrrole nitrogens is 1. The predicted octanol–water partition coefficient (Wildman–Crippen LogP) is 3.48. The van der Waals surface area contributed by atoms with Crippen molar-refractivity contribution in [2.75, 3.05) is 0 Å². The molecule has 78 valence electrons. The van der Waals surface area contributed by atoms with Gasteiger partial charge in [0.2, 0.25) is 0 Å². The van der Waals surface area contributed by atoms with Crippen molar-refractivity contribution in [3.63, 3.8) is 0 Å². The molecule has 15 heavy (non-hydrogen) atoms. The van der Waals surface area contributed by atoms with Crippen molar-refractivity contribution >= 4 is 17.9 Å². The maximum absolute atomic E-state index is 5.13. The SMILES string of the molecule is CCC1C=CN=C(c2cc(=S)cc[nH]2)C1. The Bertz CT molecular complexity index is 457. The van der Waals surface area contributed by atoms with Crippen LogP contribution in [0.25, 0.3) is 0 Å². The van der Waals surface area contributed by atoms with Crippen LogP contribution in [0.3, 0.4) is 0 Å². The van der Waals surface area contributed by atoms with E-state index in [4.69, 9.17) is 12.2 Å². The fourth-order valence-corrected chi connectivity index (χ4v) is 1.88. The number of hydrogen-bond acceptors (Lipinski definition) is 2. The van der Waals surface area contributed by atoms with Gasteiger partial charge in [-0.15, -0.1) is 0 Å². The highest BCUT2D eigenvalue weighted by atomic mass is 32.1. The van der Waals surface area contributed by atoms with Crippen molar-refractivity contribution in [3.05, 3.63) is 40.8 Å². The summed E-state index contributed by atoms with van der Waals surface area (Å²) in [5.74, 6) is 0.611. The van der Waals surface area contributed by atoms with Crippen molar-refractivity contribution in [2.24, 2.45) is 10.9 Å². The molecule has 0 aliphatic carbocycles. The van der Waals surface area contributed by atoms with Crippen LogP contribution in [-0.4, -0.2) is 10.7 Å². The van der Waals surface area contributed by atoms with E-state index >= 15 is 0 Å². The zero-order valence-electron chi connectivity index (χ0n) is 8.73. The lowest BCUT2D eigenvalue weighted by Crippen LogP contribution is -2.11. The van der Waals surface area contributed by atoms with Crippen LogP contribution in [0, 0.1) is 10.4 Å². The van der Waals surface area contributed by atoms with E-state index in [1.165, 1.54) is 0 Å². The second-order valence-electron chi connectivity index (χ2n) is 3.73. The van der Waals surface area contributed by atoms with Crippen molar-refractivity contribution in [3.8, 4) is 0 Å². The van der Waals surface area contributed by atoms with E-state index < -0.39 is 0 Å². The fraction of sp³-hybridized carbons (Fsp3) is 0.333. The molecule has 2 nitrogen and oxygen atoms in total. The van der Waals surface area contributed by atoms with Gasteiger partial charge in [0.15, 0.2) is 0 Å². The fourth-order valence-electron chi connectivity index (χ4n) is 1.70. The lowest BCUT2D eigenvalue weighted by molar-refractivity contribution is 0.646. The van der Waals surface area contributed by atoms with E-state index in [-0.39, 0.29) is 0 Å². The first-order chi connectivity index (χ1) is 7.29. The van der Waals surface area contributed by atoms with Gasteiger partial charge in [-0.3, -0.25) is 4.99 Å². The topological polar surface area (TPSA) is 28.1 Å². The maximum atomic E-state index is 5.13. The summed E-state index contributed by atoms with van der Waals surface area (Å²) >= 11 is 5.13. The van der Waals surface area contributed by atoms with Crippen molar-refractivity contribution in [2.45, 2.75) is 19.8 Å². The van der Waals surface area contributed by atoms with E-state index in [2.05, 4.69) is 23.0 Å². The first kappa shape index (κ1) is 10.3. The lowest BCUT2D eigenvalue weighted by Gasteiger charge is -2.15. The van der Waals surface area contributed by atoms with E-state index in [0.717, 1.165) is 28.8 Å². The number of pyridine rings is 1. The number of aromatic amines is 1. The number of allylic oxidation sites excluding steroid dienone is 1. The standard InChI is InChI=1S/C12H14N2S/c1-2-9-3-5-13-11(7-9)12-8-10(15)4-6-14-12/h3-6,8-9H,2,7H2,1H3,(H,14,15). The lowest BCUT2D eigenvalue weighted by atomic mass is 9.96. The number of aliphatic imine (C=N–C) groups is 1. The largest absolute Gasteiger partial charge is 0.360 e. The average molecular weight is 218 g/mol. The third kappa shape index (κ3) is 2.42. The first-order valence-corrected chi connectivity index (χ1v) is 5.63. The van der Waals surface area contributed by atoms with Crippen LogP contribution in [0.15, 0.2) is 35.6 Å². The van der Waals surface area contributed by atoms with Gasteiger partial charge in [0.25, 0.3) is 0 Å². The van der Waals surface area contributed by atoms with Gasteiger partial charge in [0.1, 0.15) is 0 Å². The van der Waals surface area contributed by atoms with Gasteiger partial charge >= 0.3 is 0 Å². The molecule has 0 saturated carbocycles. The molecule has 1 aliphatic rings. The number of nitrogens with zero attached hydrogens (tertiary/aromatic N) is 1. The highest BCUT2D eigenvalue weighted by Gasteiger charge is 2.12. The van der Waals surface area contributed by atoms with Crippen LogP contribution in [0.5, 0.6) is 0 Å². The number of aromatic nitrogens is 1. The van der Waals surface area contributed by atoms with E-state index in [1.807, 2.05) is 24.5 Å². The van der Waals surface area contributed by atoms with E-state index in [0.29, 0.717) is 5.92 Å². The van der Waals surface area contributed by atoms with Gasteiger partial charge in [0, 0.05) is 16.9 Å². The van der Waals surface area contributed by atoms with Crippen molar-refractivity contribution in [1.82, 2.24) is 4.98 Å². The Hall–Kier alpha value is -1.22. The number of rotatable bonds is 2. The molecule has 0 fully saturated rings. The smallest absolute Gasteiger partial charge is 0.0644 e. The molecule has 0 amide bonds. The summed E-state index contributed by atoms with van der Waals surface area (Å²) in [7, 11) is 0.